The minimum absolute atomic E-state index is 0.245. The lowest BCUT2D eigenvalue weighted by Gasteiger charge is -2.20. The Bertz CT molecular complexity index is 561. The van der Waals surface area contributed by atoms with E-state index in [0.29, 0.717) is 0 Å². The van der Waals surface area contributed by atoms with Crippen molar-refractivity contribution in [2.45, 2.75) is 0 Å². The van der Waals surface area contributed by atoms with E-state index in [-0.39, 0.29) is 11.4 Å². The molecule has 0 aliphatic heterocycles. The van der Waals surface area contributed by atoms with Gasteiger partial charge in [-0.15, -0.1) is 0 Å². The van der Waals surface area contributed by atoms with Crippen LogP contribution in [-0.4, -0.2) is 28.7 Å². The summed E-state index contributed by atoms with van der Waals surface area (Å²) >= 11 is 3.21. The topological polar surface area (TPSA) is 102 Å². The maximum Gasteiger partial charge on any atom is 0.422 e. The summed E-state index contributed by atoms with van der Waals surface area (Å²) in [5.41, 5.74) is 6.20. The molecule has 0 aliphatic carbocycles. The van der Waals surface area contributed by atoms with Crippen molar-refractivity contribution in [2.24, 2.45) is 0 Å². The van der Waals surface area contributed by atoms with Crippen LogP contribution in [0.1, 0.15) is 0 Å². The molecule has 0 spiro atoms. The van der Waals surface area contributed by atoms with Gasteiger partial charge in [-0.1, -0.05) is 15.9 Å². The monoisotopic (exact) mass is 337 g/mol. The molecule has 1 aromatic rings. The van der Waals surface area contributed by atoms with Crippen molar-refractivity contribution in [2.75, 3.05) is 24.2 Å². The van der Waals surface area contributed by atoms with Gasteiger partial charge < -0.3 is 10.5 Å². The molecule has 100 valence electrons. The zero-order valence-corrected chi connectivity index (χ0v) is 12.1. The molecular weight excluding hydrogens is 326 g/mol. The number of halogens is 1. The van der Waals surface area contributed by atoms with Gasteiger partial charge >= 0.3 is 16.3 Å². The molecule has 7 nitrogen and oxygen atoms in total. The number of amides is 1. The molecule has 3 N–H and O–H groups in total. The Morgan fingerprint density at radius 2 is 2.11 bits per heavy atom. The summed E-state index contributed by atoms with van der Waals surface area (Å²) in [5.74, 6) is 0. The number of carbonyl (C=O) groups is 1. The van der Waals surface area contributed by atoms with Crippen LogP contribution in [0.2, 0.25) is 0 Å². The SMILES string of the molecule is COC(=O)NS(=O)(=O)N(C)c1ccc(Br)cc1N. The quantitative estimate of drug-likeness (QED) is 0.803. The predicted octanol–water partition coefficient (Wildman–Crippen LogP) is 1.07. The molecule has 0 atom stereocenters. The largest absolute Gasteiger partial charge is 0.452 e. The lowest BCUT2D eigenvalue weighted by molar-refractivity contribution is 0.177. The first kappa shape index (κ1) is 14.6. The lowest BCUT2D eigenvalue weighted by Crippen LogP contribution is -2.41. The third kappa shape index (κ3) is 3.26. The highest BCUT2D eigenvalue weighted by Gasteiger charge is 2.22. The van der Waals surface area contributed by atoms with Gasteiger partial charge in [0, 0.05) is 11.5 Å². The van der Waals surface area contributed by atoms with Crippen LogP contribution >= 0.6 is 15.9 Å². The number of nitrogens with zero attached hydrogens (tertiary/aromatic N) is 1. The van der Waals surface area contributed by atoms with Gasteiger partial charge in [-0.3, -0.25) is 4.31 Å². The molecule has 18 heavy (non-hydrogen) atoms. The van der Waals surface area contributed by atoms with Gasteiger partial charge in [-0.05, 0) is 18.2 Å². The van der Waals surface area contributed by atoms with Gasteiger partial charge in [0.1, 0.15) is 0 Å². The zero-order valence-electron chi connectivity index (χ0n) is 9.68. The Balaban J connectivity index is 3.06. The molecule has 1 aromatic carbocycles. The summed E-state index contributed by atoms with van der Waals surface area (Å²) in [6, 6.07) is 4.70. The maximum absolute atomic E-state index is 11.8. The standard InChI is InChI=1S/C9H12BrN3O4S/c1-13(18(15,16)12-9(14)17-2)8-4-3-6(10)5-7(8)11/h3-5H,11H2,1-2H3,(H,12,14). The molecule has 1 amide bonds. The van der Waals surface area contributed by atoms with Crippen LogP contribution < -0.4 is 14.8 Å². The number of rotatable bonds is 3. The van der Waals surface area contributed by atoms with E-state index in [4.69, 9.17) is 5.73 Å². The number of ether oxygens (including phenoxy) is 1. The molecular formula is C9H12BrN3O4S. The van der Waals surface area contributed by atoms with Gasteiger partial charge in [-0.25, -0.2) is 9.52 Å². The zero-order chi connectivity index (χ0) is 13.9. The van der Waals surface area contributed by atoms with Crippen LogP contribution in [0.15, 0.2) is 22.7 Å². The van der Waals surface area contributed by atoms with Crippen LogP contribution in [0.5, 0.6) is 0 Å². The van der Waals surface area contributed by atoms with Gasteiger partial charge in [-0.2, -0.15) is 8.42 Å². The fourth-order valence-corrected chi connectivity index (χ4v) is 2.39. The van der Waals surface area contributed by atoms with E-state index in [2.05, 4.69) is 20.7 Å². The van der Waals surface area contributed by atoms with Crippen molar-refractivity contribution in [1.29, 1.82) is 0 Å². The molecule has 0 saturated heterocycles. The van der Waals surface area contributed by atoms with Crippen LogP contribution in [-0.2, 0) is 14.9 Å². The number of nitrogens with one attached hydrogen (secondary N) is 1. The first-order valence-electron chi connectivity index (χ1n) is 4.67. The molecule has 0 saturated carbocycles. The highest BCUT2D eigenvalue weighted by atomic mass is 79.9. The fraction of sp³-hybridized carbons (Fsp3) is 0.222. The summed E-state index contributed by atoms with van der Waals surface area (Å²) in [6.45, 7) is 0. The van der Waals surface area contributed by atoms with E-state index in [9.17, 15) is 13.2 Å². The molecule has 0 aromatic heterocycles. The summed E-state index contributed by atoms with van der Waals surface area (Å²) in [7, 11) is -1.71. The van der Waals surface area contributed by atoms with E-state index in [0.717, 1.165) is 15.9 Å². The van der Waals surface area contributed by atoms with Crippen LogP contribution in [0.4, 0.5) is 16.2 Å². The molecule has 0 bridgehead atoms. The number of benzene rings is 1. The van der Waals surface area contributed by atoms with E-state index < -0.39 is 16.3 Å². The van der Waals surface area contributed by atoms with Crippen LogP contribution in [0, 0.1) is 0 Å². The molecule has 0 fully saturated rings. The van der Waals surface area contributed by atoms with Crippen molar-refractivity contribution < 1.29 is 17.9 Å². The number of methoxy groups -OCH3 is 1. The van der Waals surface area contributed by atoms with Crippen molar-refractivity contribution in [3.8, 4) is 0 Å². The minimum atomic E-state index is -4.05. The second-order valence-corrected chi connectivity index (χ2v) is 5.89. The molecule has 1 rings (SSSR count). The van der Waals surface area contributed by atoms with Crippen molar-refractivity contribution in [1.82, 2.24) is 4.72 Å². The second-order valence-electron chi connectivity index (χ2n) is 3.27. The summed E-state index contributed by atoms with van der Waals surface area (Å²) in [5, 5.41) is 0. The smallest absolute Gasteiger partial charge is 0.422 e. The number of nitrogens with two attached hydrogens (primary N) is 1. The Morgan fingerprint density at radius 1 is 1.50 bits per heavy atom. The van der Waals surface area contributed by atoms with Gasteiger partial charge in [0.2, 0.25) is 0 Å². The van der Waals surface area contributed by atoms with E-state index in [1.807, 2.05) is 0 Å². The average Bonchev–Trinajstić information content (AvgIpc) is 2.27. The number of nitrogen functional groups attached to an aromatic ring is 1. The Labute approximate surface area is 113 Å². The van der Waals surface area contributed by atoms with Crippen LogP contribution in [0.25, 0.3) is 0 Å². The second kappa shape index (κ2) is 5.44. The molecule has 9 heteroatoms. The van der Waals surface area contributed by atoms with Crippen molar-refractivity contribution in [3.63, 3.8) is 0 Å². The summed E-state index contributed by atoms with van der Waals surface area (Å²) < 4.78 is 31.1. The minimum Gasteiger partial charge on any atom is -0.452 e. The van der Waals surface area contributed by atoms with Gasteiger partial charge in [0.15, 0.2) is 0 Å². The third-order valence-corrected chi connectivity index (χ3v) is 3.92. The summed E-state index contributed by atoms with van der Waals surface area (Å²) in [4.78, 5) is 10.9. The third-order valence-electron chi connectivity index (χ3n) is 2.09. The van der Waals surface area contributed by atoms with Gasteiger partial charge in [0.25, 0.3) is 0 Å². The number of carbonyl (C=O) groups excluding carboxylic acids is 1. The Morgan fingerprint density at radius 3 is 2.61 bits per heavy atom. The van der Waals surface area contributed by atoms with Crippen molar-refractivity contribution >= 4 is 43.6 Å². The Hall–Kier alpha value is -1.48. The van der Waals surface area contributed by atoms with Crippen molar-refractivity contribution in [3.05, 3.63) is 22.7 Å². The first-order chi connectivity index (χ1) is 8.27. The highest BCUT2D eigenvalue weighted by Crippen LogP contribution is 2.27. The summed E-state index contributed by atoms with van der Waals surface area (Å²) in [6.07, 6.45) is -1.07. The molecule has 0 unspecified atom stereocenters. The van der Waals surface area contributed by atoms with E-state index in [1.54, 1.807) is 16.9 Å². The number of anilines is 2. The average molecular weight is 338 g/mol. The van der Waals surface area contributed by atoms with Gasteiger partial charge in [0.05, 0.1) is 18.5 Å². The molecule has 0 radical (unpaired) electrons. The maximum atomic E-state index is 11.8. The number of hydrogen-bond donors (Lipinski definition) is 2. The Kier molecular flexibility index (Phi) is 4.41. The fourth-order valence-electron chi connectivity index (χ4n) is 1.16. The molecule has 0 heterocycles. The van der Waals surface area contributed by atoms with E-state index in [1.165, 1.54) is 13.1 Å². The van der Waals surface area contributed by atoms with E-state index >= 15 is 0 Å². The van der Waals surface area contributed by atoms with Crippen LogP contribution in [0.3, 0.4) is 0 Å². The molecule has 0 aliphatic rings. The predicted molar refractivity (Wildman–Crippen MR) is 71.4 cm³/mol. The highest BCUT2D eigenvalue weighted by molar-refractivity contribution is 9.10. The first-order valence-corrected chi connectivity index (χ1v) is 6.91. The lowest BCUT2D eigenvalue weighted by atomic mass is 10.3. The normalized spacial score (nSPS) is 10.8. The number of hydrogen-bond acceptors (Lipinski definition) is 5.